The van der Waals surface area contributed by atoms with Crippen LogP contribution in [0.15, 0.2) is 17.4 Å². The minimum atomic E-state index is -3.36. The van der Waals surface area contributed by atoms with Crippen LogP contribution in [0.5, 0.6) is 0 Å². The van der Waals surface area contributed by atoms with Crippen molar-refractivity contribution in [3.8, 4) is 0 Å². The molecule has 0 aliphatic carbocycles. The van der Waals surface area contributed by atoms with Crippen molar-refractivity contribution < 1.29 is 13.2 Å². The van der Waals surface area contributed by atoms with E-state index in [0.29, 0.717) is 18.8 Å². The van der Waals surface area contributed by atoms with Gasteiger partial charge in [0, 0.05) is 13.0 Å². The van der Waals surface area contributed by atoms with Crippen molar-refractivity contribution in [2.24, 2.45) is 5.41 Å². The van der Waals surface area contributed by atoms with Crippen LogP contribution in [0.3, 0.4) is 0 Å². The number of rotatable bonds is 3. The molecule has 0 atom stereocenters. The summed E-state index contributed by atoms with van der Waals surface area (Å²) in [5.41, 5.74) is 0.0260. The first-order valence-corrected chi connectivity index (χ1v) is 9.17. The maximum absolute atomic E-state index is 12.3. The molecule has 23 heavy (non-hydrogen) atoms. The van der Waals surface area contributed by atoms with Crippen molar-refractivity contribution >= 4 is 34.0 Å². The summed E-state index contributed by atoms with van der Waals surface area (Å²) in [6, 6.07) is 0. The fraction of sp³-hybridized carbons (Fsp3) is 0.643. The molecule has 3 rings (SSSR count). The Labute approximate surface area is 142 Å². The number of nitrogens with zero attached hydrogens (tertiary/aromatic N) is 3. The zero-order valence-electron chi connectivity index (χ0n) is 13.0. The number of nitrogens with one attached hydrogen (secondary N) is 1. The van der Waals surface area contributed by atoms with Crippen LogP contribution in [-0.4, -0.2) is 49.7 Å². The van der Waals surface area contributed by atoms with Crippen LogP contribution in [0.2, 0.25) is 0 Å². The van der Waals surface area contributed by atoms with Gasteiger partial charge in [0.25, 0.3) is 0 Å². The SMILES string of the molecule is CCS(=O)(=O)c1cnc(N2CC3(CCNCC3)CC2=O)cn1.Cl. The topological polar surface area (TPSA) is 92.3 Å². The number of halogens is 1. The standard InChI is InChI=1S/C14H20N4O3S.ClH/c1-2-22(20,21)12-9-16-11(8-17-12)18-10-14(7-13(18)19)3-5-15-6-4-14;/h8-9,15H,2-7,10H2,1H3;1H. The van der Waals surface area contributed by atoms with Crippen molar-refractivity contribution in [2.75, 3.05) is 30.3 Å². The van der Waals surface area contributed by atoms with Gasteiger partial charge in [0.1, 0.15) is 0 Å². The van der Waals surface area contributed by atoms with E-state index in [1.165, 1.54) is 12.4 Å². The molecule has 1 aromatic rings. The van der Waals surface area contributed by atoms with Gasteiger partial charge in [0.15, 0.2) is 20.7 Å². The maximum Gasteiger partial charge on any atom is 0.228 e. The lowest BCUT2D eigenvalue weighted by atomic mass is 9.78. The predicted octanol–water partition coefficient (Wildman–Crippen LogP) is 0.798. The first kappa shape index (κ1) is 18.1. The van der Waals surface area contributed by atoms with Crippen LogP contribution in [0, 0.1) is 5.41 Å². The Morgan fingerprint density at radius 1 is 1.26 bits per heavy atom. The van der Waals surface area contributed by atoms with E-state index < -0.39 is 9.84 Å². The number of carbonyl (C=O) groups is 1. The average molecular weight is 361 g/mol. The summed E-state index contributed by atoms with van der Waals surface area (Å²) in [5.74, 6) is 0.470. The van der Waals surface area contributed by atoms with Gasteiger partial charge in [-0.3, -0.25) is 9.69 Å². The molecular weight excluding hydrogens is 340 g/mol. The lowest BCUT2D eigenvalue weighted by Gasteiger charge is -2.32. The third-order valence-electron chi connectivity index (χ3n) is 4.57. The molecule has 1 amide bonds. The summed E-state index contributed by atoms with van der Waals surface area (Å²) in [4.78, 5) is 22.1. The Bertz CT molecular complexity index is 672. The van der Waals surface area contributed by atoms with E-state index in [2.05, 4.69) is 15.3 Å². The number of carbonyl (C=O) groups excluding carboxylic acids is 1. The fourth-order valence-electron chi connectivity index (χ4n) is 3.15. The van der Waals surface area contributed by atoms with Crippen LogP contribution in [-0.2, 0) is 14.6 Å². The van der Waals surface area contributed by atoms with Gasteiger partial charge in [-0.05, 0) is 31.3 Å². The summed E-state index contributed by atoms with van der Waals surface area (Å²) in [6.45, 7) is 4.07. The summed E-state index contributed by atoms with van der Waals surface area (Å²) in [7, 11) is -3.36. The molecule has 0 bridgehead atoms. The van der Waals surface area contributed by atoms with Crippen LogP contribution in [0.1, 0.15) is 26.2 Å². The summed E-state index contributed by atoms with van der Waals surface area (Å²) < 4.78 is 23.5. The zero-order chi connectivity index (χ0) is 15.8. The van der Waals surface area contributed by atoms with E-state index in [1.54, 1.807) is 11.8 Å². The van der Waals surface area contributed by atoms with Gasteiger partial charge < -0.3 is 5.32 Å². The lowest BCUT2D eigenvalue weighted by Crippen LogP contribution is -2.38. The molecule has 0 radical (unpaired) electrons. The van der Waals surface area contributed by atoms with Crippen molar-refractivity contribution in [3.63, 3.8) is 0 Å². The molecule has 128 valence electrons. The normalized spacial score (nSPS) is 20.6. The van der Waals surface area contributed by atoms with Crippen LogP contribution < -0.4 is 10.2 Å². The molecule has 0 unspecified atom stereocenters. The number of amides is 1. The molecule has 0 saturated carbocycles. The van der Waals surface area contributed by atoms with Gasteiger partial charge in [0.05, 0.1) is 18.1 Å². The predicted molar refractivity (Wildman–Crippen MR) is 88.5 cm³/mol. The first-order chi connectivity index (χ1) is 10.5. The van der Waals surface area contributed by atoms with Crippen molar-refractivity contribution in [1.82, 2.24) is 15.3 Å². The second-order valence-electron chi connectivity index (χ2n) is 6.02. The second-order valence-corrected chi connectivity index (χ2v) is 8.25. The van der Waals surface area contributed by atoms with Gasteiger partial charge in [-0.15, -0.1) is 12.4 Å². The third-order valence-corrected chi connectivity index (χ3v) is 6.18. The summed E-state index contributed by atoms with van der Waals surface area (Å²) >= 11 is 0. The monoisotopic (exact) mass is 360 g/mol. The number of hydrogen-bond acceptors (Lipinski definition) is 6. The van der Waals surface area contributed by atoms with Gasteiger partial charge in [-0.2, -0.15) is 0 Å². The summed E-state index contributed by atoms with van der Waals surface area (Å²) in [6.07, 6.45) is 5.12. The molecule has 2 aliphatic heterocycles. The van der Waals surface area contributed by atoms with Gasteiger partial charge >= 0.3 is 0 Å². The Morgan fingerprint density at radius 2 is 1.96 bits per heavy atom. The lowest BCUT2D eigenvalue weighted by molar-refractivity contribution is -0.118. The molecule has 1 aromatic heterocycles. The van der Waals surface area contributed by atoms with E-state index in [0.717, 1.165) is 25.9 Å². The highest BCUT2D eigenvalue weighted by atomic mass is 35.5. The molecule has 2 saturated heterocycles. The average Bonchev–Trinajstić information content (AvgIpc) is 2.84. The second kappa shape index (κ2) is 6.70. The minimum absolute atomic E-state index is 0. The quantitative estimate of drug-likeness (QED) is 0.857. The molecule has 1 N–H and O–H groups in total. The smallest absolute Gasteiger partial charge is 0.228 e. The van der Waals surface area contributed by atoms with Crippen molar-refractivity contribution in [1.29, 1.82) is 0 Å². The van der Waals surface area contributed by atoms with Gasteiger partial charge in [-0.25, -0.2) is 18.4 Å². The van der Waals surface area contributed by atoms with E-state index in [9.17, 15) is 13.2 Å². The highest BCUT2D eigenvalue weighted by molar-refractivity contribution is 7.91. The van der Waals surface area contributed by atoms with Crippen LogP contribution >= 0.6 is 12.4 Å². The molecule has 3 heterocycles. The highest BCUT2D eigenvalue weighted by Gasteiger charge is 2.44. The molecule has 0 aromatic carbocycles. The Hall–Kier alpha value is -1.25. The zero-order valence-corrected chi connectivity index (χ0v) is 14.6. The fourth-order valence-corrected chi connectivity index (χ4v) is 3.88. The molecule has 9 heteroatoms. The molecule has 2 fully saturated rings. The van der Waals surface area contributed by atoms with Crippen LogP contribution in [0.25, 0.3) is 0 Å². The molecule has 7 nitrogen and oxygen atoms in total. The number of sulfone groups is 1. The molecule has 2 aliphatic rings. The van der Waals surface area contributed by atoms with Gasteiger partial charge in [-0.1, -0.05) is 6.92 Å². The number of anilines is 1. The molecular formula is C14H21ClN4O3S. The first-order valence-electron chi connectivity index (χ1n) is 7.52. The van der Waals surface area contributed by atoms with E-state index >= 15 is 0 Å². The minimum Gasteiger partial charge on any atom is -0.317 e. The number of hydrogen-bond donors (Lipinski definition) is 1. The molecule has 1 spiro atoms. The van der Waals surface area contributed by atoms with Gasteiger partial charge in [0.2, 0.25) is 5.91 Å². The third kappa shape index (κ3) is 3.49. The summed E-state index contributed by atoms with van der Waals surface area (Å²) in [5, 5.41) is 3.27. The van der Waals surface area contributed by atoms with Crippen LogP contribution in [0.4, 0.5) is 5.82 Å². The number of piperidine rings is 1. The maximum atomic E-state index is 12.3. The van der Waals surface area contributed by atoms with Crippen molar-refractivity contribution in [3.05, 3.63) is 12.4 Å². The Balaban J connectivity index is 0.00000192. The van der Waals surface area contributed by atoms with E-state index in [1.807, 2.05) is 0 Å². The Kier molecular flexibility index (Phi) is 5.27. The van der Waals surface area contributed by atoms with E-state index in [4.69, 9.17) is 0 Å². The highest BCUT2D eigenvalue weighted by Crippen LogP contribution is 2.40. The largest absolute Gasteiger partial charge is 0.317 e. The number of aromatic nitrogens is 2. The van der Waals surface area contributed by atoms with Crippen molar-refractivity contribution in [2.45, 2.75) is 31.2 Å². The Morgan fingerprint density at radius 3 is 2.52 bits per heavy atom. The van der Waals surface area contributed by atoms with E-state index in [-0.39, 0.29) is 34.5 Å².